The number of H-pyrrole nitrogens is 1. The maximum absolute atomic E-state index is 12.0. The van der Waals surface area contributed by atoms with Crippen molar-refractivity contribution < 1.29 is 4.79 Å². The summed E-state index contributed by atoms with van der Waals surface area (Å²) in [5, 5.41) is 3.00. The van der Waals surface area contributed by atoms with E-state index in [-0.39, 0.29) is 17.5 Å². The van der Waals surface area contributed by atoms with Crippen molar-refractivity contribution in [1.29, 1.82) is 0 Å². The maximum atomic E-state index is 12.0. The summed E-state index contributed by atoms with van der Waals surface area (Å²) < 4.78 is 0. The largest absolute Gasteiger partial charge is 0.349 e. The van der Waals surface area contributed by atoms with Gasteiger partial charge in [0.1, 0.15) is 0 Å². The van der Waals surface area contributed by atoms with E-state index in [2.05, 4.69) is 29.0 Å². The zero-order valence-corrected chi connectivity index (χ0v) is 11.5. The van der Waals surface area contributed by atoms with Crippen LogP contribution >= 0.6 is 0 Å². The summed E-state index contributed by atoms with van der Waals surface area (Å²) in [5.74, 6) is -0.158. The van der Waals surface area contributed by atoms with Crippen LogP contribution in [0.2, 0.25) is 0 Å². The normalized spacial score (nSPS) is 17.6. The van der Waals surface area contributed by atoms with Gasteiger partial charge in [0.2, 0.25) is 5.56 Å². The van der Waals surface area contributed by atoms with Gasteiger partial charge in [0.15, 0.2) is 0 Å². The number of hydrogen-bond acceptors (Lipinski definition) is 3. The Morgan fingerprint density at radius 3 is 2.68 bits per heavy atom. The van der Waals surface area contributed by atoms with Gasteiger partial charge < -0.3 is 15.2 Å². The molecule has 0 aliphatic carbocycles. The summed E-state index contributed by atoms with van der Waals surface area (Å²) in [6.45, 7) is 6.40. The van der Waals surface area contributed by atoms with Gasteiger partial charge in [0.05, 0.1) is 0 Å². The van der Waals surface area contributed by atoms with Crippen molar-refractivity contribution in [3.05, 3.63) is 34.2 Å². The van der Waals surface area contributed by atoms with Crippen molar-refractivity contribution in [2.24, 2.45) is 0 Å². The fourth-order valence-corrected chi connectivity index (χ4v) is 2.41. The Morgan fingerprint density at radius 1 is 1.42 bits per heavy atom. The molecule has 2 heterocycles. The second kappa shape index (κ2) is 6.02. The molecular formula is C14H21N3O2. The predicted octanol–water partition coefficient (Wildman–Crippen LogP) is 0.977. The van der Waals surface area contributed by atoms with Crippen LogP contribution in [0.4, 0.5) is 0 Å². The van der Waals surface area contributed by atoms with E-state index in [4.69, 9.17) is 0 Å². The van der Waals surface area contributed by atoms with E-state index in [0.29, 0.717) is 11.6 Å². The summed E-state index contributed by atoms with van der Waals surface area (Å²) in [5.41, 5.74) is 0.178. The van der Waals surface area contributed by atoms with E-state index in [1.807, 2.05) is 0 Å². The lowest BCUT2D eigenvalue weighted by molar-refractivity contribution is 0.0900. The third-order valence-electron chi connectivity index (χ3n) is 3.63. The van der Waals surface area contributed by atoms with Crippen LogP contribution in [0.15, 0.2) is 23.1 Å². The molecule has 0 saturated carbocycles. The first-order chi connectivity index (χ1) is 9.06. The molecule has 2 N–H and O–H groups in total. The van der Waals surface area contributed by atoms with Crippen LogP contribution in [-0.2, 0) is 0 Å². The molecule has 1 aromatic heterocycles. The average Bonchev–Trinajstić information content (AvgIpc) is 2.39. The molecule has 1 amide bonds. The molecule has 1 aromatic rings. The lowest BCUT2D eigenvalue weighted by atomic mass is 10.0. The van der Waals surface area contributed by atoms with Gasteiger partial charge in [0.25, 0.3) is 5.91 Å². The first-order valence-electron chi connectivity index (χ1n) is 6.80. The van der Waals surface area contributed by atoms with Crippen LogP contribution in [0.1, 0.15) is 37.0 Å². The number of likely N-dealkylation sites (tertiary alicyclic amines) is 1. The number of aromatic nitrogens is 1. The van der Waals surface area contributed by atoms with Crippen LogP contribution in [0.5, 0.6) is 0 Å². The van der Waals surface area contributed by atoms with Gasteiger partial charge in [-0.3, -0.25) is 9.59 Å². The minimum absolute atomic E-state index is 0.158. The van der Waals surface area contributed by atoms with Crippen LogP contribution in [0.25, 0.3) is 0 Å². The Hall–Kier alpha value is -1.62. The third-order valence-corrected chi connectivity index (χ3v) is 3.63. The average molecular weight is 263 g/mol. The number of nitrogens with one attached hydrogen (secondary N) is 2. The number of carbonyl (C=O) groups excluding carboxylic acids is 1. The van der Waals surface area contributed by atoms with Crippen LogP contribution < -0.4 is 10.9 Å². The van der Waals surface area contributed by atoms with Crippen LogP contribution in [-0.4, -0.2) is 41.0 Å². The first kappa shape index (κ1) is 13.8. The van der Waals surface area contributed by atoms with E-state index < -0.39 is 0 Å². The van der Waals surface area contributed by atoms with Gasteiger partial charge >= 0.3 is 0 Å². The zero-order chi connectivity index (χ0) is 13.8. The number of nitrogens with zero attached hydrogens (tertiary/aromatic N) is 1. The number of amides is 1. The smallest absolute Gasteiger partial charge is 0.251 e. The molecule has 0 bridgehead atoms. The summed E-state index contributed by atoms with van der Waals surface area (Å²) in [6, 6.07) is 3.73. The molecule has 1 fully saturated rings. The van der Waals surface area contributed by atoms with Gasteiger partial charge in [-0.25, -0.2) is 0 Å². The second-order valence-corrected chi connectivity index (χ2v) is 5.32. The van der Waals surface area contributed by atoms with Gasteiger partial charge in [0, 0.05) is 43.0 Å². The van der Waals surface area contributed by atoms with Crippen LogP contribution in [0.3, 0.4) is 0 Å². The highest BCUT2D eigenvalue weighted by atomic mass is 16.2. The van der Waals surface area contributed by atoms with Crippen molar-refractivity contribution in [1.82, 2.24) is 15.2 Å². The highest BCUT2D eigenvalue weighted by molar-refractivity contribution is 5.94. The van der Waals surface area contributed by atoms with Crippen molar-refractivity contribution >= 4 is 5.91 Å². The van der Waals surface area contributed by atoms with Crippen molar-refractivity contribution in [2.45, 2.75) is 38.8 Å². The number of carbonyl (C=O) groups is 1. The SMILES string of the molecule is CC(C)N1CCC(NC(=O)c2cc[nH]c(=O)c2)CC1. The highest BCUT2D eigenvalue weighted by Gasteiger charge is 2.22. The Bertz CT molecular complexity index is 487. The van der Waals surface area contributed by atoms with Crippen molar-refractivity contribution in [3.63, 3.8) is 0 Å². The van der Waals surface area contributed by atoms with Gasteiger partial charge in [-0.05, 0) is 32.8 Å². The maximum Gasteiger partial charge on any atom is 0.251 e. The molecule has 5 nitrogen and oxygen atoms in total. The second-order valence-electron chi connectivity index (χ2n) is 5.32. The molecule has 0 spiro atoms. The topological polar surface area (TPSA) is 65.2 Å². The molecule has 1 aliphatic heterocycles. The fraction of sp³-hybridized carbons (Fsp3) is 0.571. The fourth-order valence-electron chi connectivity index (χ4n) is 2.41. The molecule has 0 unspecified atom stereocenters. The number of piperidine rings is 1. The van der Waals surface area contributed by atoms with E-state index in [0.717, 1.165) is 25.9 Å². The molecule has 2 rings (SSSR count). The summed E-state index contributed by atoms with van der Waals surface area (Å²) >= 11 is 0. The minimum Gasteiger partial charge on any atom is -0.349 e. The molecular weight excluding hydrogens is 242 g/mol. The van der Waals surface area contributed by atoms with Gasteiger partial charge in [-0.2, -0.15) is 0 Å². The van der Waals surface area contributed by atoms with Crippen molar-refractivity contribution in [2.75, 3.05) is 13.1 Å². The number of aromatic amines is 1. The summed E-state index contributed by atoms with van der Waals surface area (Å²) in [4.78, 5) is 28.1. The van der Waals surface area contributed by atoms with Crippen LogP contribution in [0, 0.1) is 0 Å². The molecule has 0 atom stereocenters. The number of rotatable bonds is 3. The summed E-state index contributed by atoms with van der Waals surface area (Å²) in [6.07, 6.45) is 3.43. The number of hydrogen-bond donors (Lipinski definition) is 2. The van der Waals surface area contributed by atoms with E-state index in [9.17, 15) is 9.59 Å². The van der Waals surface area contributed by atoms with E-state index in [1.165, 1.54) is 12.3 Å². The Balaban J connectivity index is 1.89. The lowest BCUT2D eigenvalue weighted by Gasteiger charge is -2.34. The first-order valence-corrected chi connectivity index (χ1v) is 6.80. The van der Waals surface area contributed by atoms with Crippen molar-refractivity contribution in [3.8, 4) is 0 Å². The molecule has 1 saturated heterocycles. The minimum atomic E-state index is -0.248. The van der Waals surface area contributed by atoms with E-state index >= 15 is 0 Å². The molecule has 104 valence electrons. The monoisotopic (exact) mass is 263 g/mol. The molecule has 0 aromatic carbocycles. The predicted molar refractivity (Wildman–Crippen MR) is 74.3 cm³/mol. The molecule has 5 heteroatoms. The highest BCUT2D eigenvalue weighted by Crippen LogP contribution is 2.13. The zero-order valence-electron chi connectivity index (χ0n) is 11.5. The van der Waals surface area contributed by atoms with Gasteiger partial charge in [-0.1, -0.05) is 0 Å². The summed E-state index contributed by atoms with van der Waals surface area (Å²) in [7, 11) is 0. The molecule has 1 aliphatic rings. The third kappa shape index (κ3) is 3.67. The molecule has 19 heavy (non-hydrogen) atoms. The Kier molecular flexibility index (Phi) is 4.37. The molecule has 0 radical (unpaired) electrons. The standard InChI is InChI=1S/C14H21N3O2/c1-10(2)17-7-4-12(5-8-17)16-14(19)11-3-6-15-13(18)9-11/h3,6,9-10,12H,4-5,7-8H2,1-2H3,(H,15,18)(H,16,19). The Labute approximate surface area is 113 Å². The number of pyridine rings is 1. The van der Waals surface area contributed by atoms with E-state index in [1.54, 1.807) is 6.07 Å². The lowest BCUT2D eigenvalue weighted by Crippen LogP contribution is -2.46. The Morgan fingerprint density at radius 2 is 2.11 bits per heavy atom. The quantitative estimate of drug-likeness (QED) is 0.854. The van der Waals surface area contributed by atoms with Gasteiger partial charge in [-0.15, -0.1) is 0 Å².